The molecule has 11 aromatic rings. The summed E-state index contributed by atoms with van der Waals surface area (Å²) in [5.41, 5.74) is 13.8. The van der Waals surface area contributed by atoms with Gasteiger partial charge in [0.15, 0.2) is 0 Å². The molecule has 0 aliphatic rings. The van der Waals surface area contributed by atoms with Crippen LogP contribution in [0, 0.1) is 0 Å². The van der Waals surface area contributed by atoms with Gasteiger partial charge in [0.2, 0.25) is 0 Å². The fourth-order valence-corrected chi connectivity index (χ4v) is 12.4. The van der Waals surface area contributed by atoms with E-state index in [1.165, 1.54) is 22.3 Å². The molecule has 0 aliphatic heterocycles. The van der Waals surface area contributed by atoms with Crippen molar-refractivity contribution in [3.05, 3.63) is 300 Å². The first-order chi connectivity index (χ1) is 57.4. The van der Waals surface area contributed by atoms with Crippen LogP contribution in [0.2, 0.25) is 0 Å². The molecule has 0 heterocycles. The van der Waals surface area contributed by atoms with Crippen molar-refractivity contribution in [2.24, 2.45) is 40.9 Å². The average Bonchev–Trinajstić information content (AvgIpc) is 0.842. The lowest BCUT2D eigenvalue weighted by molar-refractivity contribution is -0.140. The summed E-state index contributed by atoms with van der Waals surface area (Å²) >= 11 is 0. The van der Waals surface area contributed by atoms with Gasteiger partial charge >= 0.3 is 5.97 Å². The molecule has 0 spiro atoms. The third-order valence-corrected chi connectivity index (χ3v) is 19.0. The van der Waals surface area contributed by atoms with Gasteiger partial charge in [-0.3, -0.25) is 0 Å². The molecular formula is C97H104N8O12. The van der Waals surface area contributed by atoms with Gasteiger partial charge in [-0.15, -0.1) is 0 Å². The number of hydrogen-bond acceptors (Lipinski definition) is 20. The molecule has 0 amide bonds. The van der Waals surface area contributed by atoms with E-state index in [1.54, 1.807) is 35.4 Å². The number of benzene rings is 11. The molecule has 11 aromatic carbocycles. The van der Waals surface area contributed by atoms with Crippen molar-refractivity contribution in [1.82, 2.24) is 0 Å². The zero-order valence-corrected chi connectivity index (χ0v) is 67.6. The van der Waals surface area contributed by atoms with Crippen LogP contribution in [-0.4, -0.2) is 60.8 Å². The van der Waals surface area contributed by atoms with Crippen LogP contribution in [0.5, 0.6) is 57.5 Å². The molecule has 0 saturated carbocycles. The van der Waals surface area contributed by atoms with Crippen LogP contribution in [0.1, 0.15) is 123 Å². The minimum Gasteiger partial charge on any atom is -0.497 e. The van der Waals surface area contributed by atoms with E-state index in [2.05, 4.69) is 96.0 Å². The zero-order chi connectivity index (χ0) is 81.3. The Morgan fingerprint density at radius 3 is 0.658 bits per heavy atom. The Morgan fingerprint density at radius 2 is 0.444 bits per heavy atom. The van der Waals surface area contributed by atoms with E-state index >= 15 is 0 Å². The second-order valence-corrected chi connectivity index (χ2v) is 28.3. The van der Waals surface area contributed by atoms with Crippen LogP contribution in [0.15, 0.2) is 302 Å². The highest BCUT2D eigenvalue weighted by Gasteiger charge is 2.14. The van der Waals surface area contributed by atoms with Gasteiger partial charge in [0, 0.05) is 23.8 Å². The number of unbranched alkanes of at least 4 members (excludes halogenated alkanes) is 8. The number of carbonyl (C=O) groups excluding carboxylic acids is 1. The fourth-order valence-electron chi connectivity index (χ4n) is 12.4. The van der Waals surface area contributed by atoms with Crippen molar-refractivity contribution >= 4 is 51.5 Å². The lowest BCUT2D eigenvalue weighted by Crippen LogP contribution is -2.06. The summed E-state index contributed by atoms with van der Waals surface area (Å²) in [5, 5.41) is 35.2. The normalized spacial score (nSPS) is 11.3. The average molecular weight is 1570 g/mol. The Morgan fingerprint density at radius 1 is 0.239 bits per heavy atom. The number of ether oxygens (including phenoxy) is 11. The van der Waals surface area contributed by atoms with Gasteiger partial charge < -0.3 is 52.1 Å². The van der Waals surface area contributed by atoms with Crippen LogP contribution >= 0.6 is 0 Å². The van der Waals surface area contributed by atoms with Crippen molar-refractivity contribution in [3.63, 3.8) is 0 Å². The van der Waals surface area contributed by atoms with Crippen molar-refractivity contribution in [3.8, 4) is 57.5 Å². The zero-order valence-electron chi connectivity index (χ0n) is 67.6. The smallest absolute Gasteiger partial charge is 0.333 e. The van der Waals surface area contributed by atoms with Crippen LogP contribution in [0.25, 0.3) is 0 Å². The van der Waals surface area contributed by atoms with E-state index in [4.69, 9.17) is 52.1 Å². The Balaban J connectivity index is 0.715. The largest absolute Gasteiger partial charge is 0.497 e. The second kappa shape index (κ2) is 47.0. The van der Waals surface area contributed by atoms with E-state index in [0.717, 1.165) is 182 Å². The number of hydrogen-bond donors (Lipinski definition) is 0. The summed E-state index contributed by atoms with van der Waals surface area (Å²) in [4.78, 5) is 12.8. The van der Waals surface area contributed by atoms with E-state index < -0.39 is 5.97 Å². The molecule has 117 heavy (non-hydrogen) atoms. The summed E-state index contributed by atoms with van der Waals surface area (Å²) in [5.74, 6) is 6.36. The first-order valence-corrected chi connectivity index (χ1v) is 40.0. The molecule has 20 heteroatoms. The van der Waals surface area contributed by atoms with Gasteiger partial charge in [-0.1, -0.05) is 55.1 Å². The van der Waals surface area contributed by atoms with Gasteiger partial charge in [-0.05, 0) is 331 Å². The lowest BCUT2D eigenvalue weighted by atomic mass is 10.1. The van der Waals surface area contributed by atoms with Gasteiger partial charge in [0.05, 0.1) is 100 Å². The first-order valence-electron chi connectivity index (χ1n) is 40.0. The molecular weight excluding hydrogens is 1470 g/mol. The quantitative estimate of drug-likeness (QED) is 0.0151. The highest BCUT2D eigenvalue weighted by Crippen LogP contribution is 2.33. The Labute approximate surface area is 687 Å². The minimum absolute atomic E-state index is 0.0334. The van der Waals surface area contributed by atoms with Gasteiger partial charge in [-0.2, -0.15) is 40.9 Å². The lowest BCUT2D eigenvalue weighted by Gasteiger charge is -2.16. The van der Waals surface area contributed by atoms with E-state index in [1.807, 2.05) is 200 Å². The fraction of sp³-hybridized carbons (Fsp3) is 0.289. The maximum atomic E-state index is 12.8. The number of carbonyl (C=O) groups is 1. The molecule has 604 valence electrons. The Kier molecular flexibility index (Phi) is 34.1. The molecule has 0 atom stereocenters. The number of methoxy groups -OCH3 is 4. The molecule has 0 radical (unpaired) electrons. The van der Waals surface area contributed by atoms with Crippen LogP contribution in [-0.2, 0) is 55.0 Å². The van der Waals surface area contributed by atoms with E-state index in [0.29, 0.717) is 72.1 Å². The highest BCUT2D eigenvalue weighted by molar-refractivity contribution is 5.87. The molecule has 0 aromatic heterocycles. The number of aryl methyl sites for hydroxylation is 4. The van der Waals surface area contributed by atoms with Gasteiger partial charge in [-0.25, -0.2) is 4.79 Å². The molecule has 0 aliphatic carbocycles. The van der Waals surface area contributed by atoms with Crippen LogP contribution < -0.4 is 47.4 Å². The van der Waals surface area contributed by atoms with Crippen LogP contribution in [0.3, 0.4) is 0 Å². The number of nitrogens with zero attached hydrogens (tertiary/aromatic N) is 8. The molecule has 0 unspecified atom stereocenters. The summed E-state index contributed by atoms with van der Waals surface area (Å²) in [6.07, 6.45) is 15.1. The topological polar surface area (TPSA) is 217 Å². The molecule has 0 N–H and O–H groups in total. The maximum Gasteiger partial charge on any atom is 0.333 e. The van der Waals surface area contributed by atoms with Crippen molar-refractivity contribution in [2.45, 2.75) is 129 Å². The Bertz CT molecular complexity index is 4410. The maximum absolute atomic E-state index is 12.8. The predicted octanol–water partition coefficient (Wildman–Crippen LogP) is 26.3. The molecule has 0 bridgehead atoms. The summed E-state index contributed by atoms with van der Waals surface area (Å²) in [7, 11) is 6.57. The molecule has 11 rings (SSSR count). The number of azo groups is 4. The molecule has 20 nitrogen and oxygen atoms in total. The van der Waals surface area contributed by atoms with Crippen LogP contribution in [0.4, 0.5) is 45.5 Å². The SMILES string of the molecule is C=C(C)C(=O)OCc1cc(OCc2cc(OCCCCCc3ccc(N=Nc4ccc(OC)cc4)cc3)cc(OCCCCCc3ccc(N=Nc4ccc(OC)cc4)cc3)c2)cc(OCc2cc(OCCCCCc3ccc(N=Nc4ccc(OC)cc4)cc3)cc(OCCCCCc3ccc(N=Nc4ccc(OC)cc4)cc3)c2)c1. The minimum atomic E-state index is -0.503. The van der Waals surface area contributed by atoms with Gasteiger partial charge in [0.25, 0.3) is 0 Å². The third kappa shape index (κ3) is 30.4. The number of esters is 1. The van der Waals surface area contributed by atoms with Crippen molar-refractivity contribution in [2.75, 3.05) is 54.9 Å². The second-order valence-electron chi connectivity index (χ2n) is 28.3. The molecule has 0 saturated heterocycles. The summed E-state index contributed by atoms with van der Waals surface area (Å²) in [6.45, 7) is 7.83. The van der Waals surface area contributed by atoms with Crippen molar-refractivity contribution < 1.29 is 56.9 Å². The van der Waals surface area contributed by atoms with Gasteiger partial charge in [0.1, 0.15) is 77.3 Å². The molecule has 0 fully saturated rings. The first kappa shape index (κ1) is 84.9. The van der Waals surface area contributed by atoms with E-state index in [9.17, 15) is 4.79 Å². The summed E-state index contributed by atoms with van der Waals surface area (Å²) in [6, 6.07) is 80.3. The summed E-state index contributed by atoms with van der Waals surface area (Å²) < 4.78 is 66.0. The third-order valence-electron chi connectivity index (χ3n) is 19.0. The van der Waals surface area contributed by atoms with Crippen molar-refractivity contribution in [1.29, 1.82) is 0 Å². The Hall–Kier alpha value is -13.0. The monoisotopic (exact) mass is 1570 g/mol. The van der Waals surface area contributed by atoms with E-state index in [-0.39, 0.29) is 19.8 Å². The standard InChI is InChI=1S/C97H104N8O12/c1-71(2)97(106)117-70-78-63-95(115-68-76-59-91(111-55-15-7-11-19-72-23-31-79(32-24-72)98-102-83-39-47-87(107-3)48-40-83)65-92(60-76)112-56-16-8-12-20-73-25-33-80(34-26-73)99-103-84-41-49-88(108-4)50-42-84)67-96(64-78)116-69-77-61-93(113-57-17-9-13-21-74-27-35-81(36-28-74)100-104-85-43-51-89(109-5)52-44-85)66-94(62-77)114-58-18-10-14-22-75-29-37-82(38-30-75)101-105-86-45-53-90(110-6)54-46-86/h23-54,59-67H,1,7-22,55-58,68-70H2,2-6H3. The number of rotatable bonds is 49. The predicted molar refractivity (Wildman–Crippen MR) is 459 cm³/mol. The highest BCUT2D eigenvalue weighted by atomic mass is 16.5.